The Kier molecular flexibility index (Phi) is 6.55. The van der Waals surface area contributed by atoms with E-state index >= 15 is 0 Å². The van der Waals surface area contributed by atoms with Crippen LogP contribution in [-0.4, -0.2) is 36.2 Å². The van der Waals surface area contributed by atoms with Gasteiger partial charge in [-0.25, -0.2) is 0 Å². The molecule has 4 aromatic rings. The monoisotopic (exact) mass is 448 g/mol. The van der Waals surface area contributed by atoms with Crippen LogP contribution in [0.5, 0.6) is 5.75 Å². The van der Waals surface area contributed by atoms with Crippen LogP contribution in [0.4, 0.5) is 5.82 Å². The van der Waals surface area contributed by atoms with Gasteiger partial charge in [-0.15, -0.1) is 10.2 Å². The summed E-state index contributed by atoms with van der Waals surface area (Å²) < 4.78 is 9.56. The molecule has 0 aliphatic heterocycles. The van der Waals surface area contributed by atoms with Crippen molar-refractivity contribution in [2.24, 2.45) is 7.05 Å². The Labute approximate surface area is 190 Å². The number of para-hydroxylation sites is 2. The number of hydrogen-bond acceptors (Lipinski definition) is 6. The SMILES string of the molecule is Cc1cc(NC(=O)CSc2nnc(COc3ccccc3C)n2-c2ccccc2)n(C)n1. The standard InChI is InChI=1S/C23H24N6O2S/c1-16-9-7-8-12-19(16)31-14-21-25-26-23(29(21)18-10-5-4-6-11-18)32-15-22(30)24-20-13-17(2)27-28(20)3/h4-13H,14-15H2,1-3H3,(H,24,30). The van der Waals surface area contributed by atoms with Crippen molar-refractivity contribution in [2.45, 2.75) is 25.6 Å². The summed E-state index contributed by atoms with van der Waals surface area (Å²) in [7, 11) is 1.79. The molecule has 32 heavy (non-hydrogen) atoms. The Bertz CT molecular complexity index is 1220. The molecule has 8 nitrogen and oxygen atoms in total. The lowest BCUT2D eigenvalue weighted by Gasteiger charge is -2.12. The second-order valence-electron chi connectivity index (χ2n) is 7.26. The van der Waals surface area contributed by atoms with Crippen molar-refractivity contribution in [1.29, 1.82) is 0 Å². The van der Waals surface area contributed by atoms with E-state index in [9.17, 15) is 4.79 Å². The van der Waals surface area contributed by atoms with Crippen LogP contribution in [0.3, 0.4) is 0 Å². The molecule has 0 fully saturated rings. The number of anilines is 1. The fraction of sp³-hybridized carbons (Fsp3) is 0.217. The molecule has 4 rings (SSSR count). The number of aryl methyl sites for hydroxylation is 3. The smallest absolute Gasteiger partial charge is 0.235 e. The molecule has 0 radical (unpaired) electrons. The summed E-state index contributed by atoms with van der Waals surface area (Å²) in [6.07, 6.45) is 0. The molecular formula is C23H24N6O2S. The van der Waals surface area contributed by atoms with E-state index in [-0.39, 0.29) is 18.3 Å². The van der Waals surface area contributed by atoms with Gasteiger partial charge < -0.3 is 10.1 Å². The molecule has 0 aliphatic rings. The lowest BCUT2D eigenvalue weighted by Crippen LogP contribution is -2.17. The quantitative estimate of drug-likeness (QED) is 0.411. The second kappa shape index (κ2) is 9.69. The first-order valence-corrected chi connectivity index (χ1v) is 11.1. The molecule has 0 atom stereocenters. The Morgan fingerprint density at radius 1 is 1.06 bits per heavy atom. The maximum absolute atomic E-state index is 12.5. The fourth-order valence-corrected chi connectivity index (χ4v) is 3.99. The zero-order valence-corrected chi connectivity index (χ0v) is 19.0. The van der Waals surface area contributed by atoms with Gasteiger partial charge in [0.2, 0.25) is 5.91 Å². The van der Waals surface area contributed by atoms with Crippen LogP contribution in [0.1, 0.15) is 17.1 Å². The van der Waals surface area contributed by atoms with Crippen LogP contribution >= 0.6 is 11.8 Å². The van der Waals surface area contributed by atoms with Crippen LogP contribution in [0, 0.1) is 13.8 Å². The van der Waals surface area contributed by atoms with Gasteiger partial charge in [-0.1, -0.05) is 48.2 Å². The Hall–Kier alpha value is -3.59. The first kappa shape index (κ1) is 21.6. The highest BCUT2D eigenvalue weighted by Crippen LogP contribution is 2.24. The van der Waals surface area contributed by atoms with Gasteiger partial charge in [0, 0.05) is 18.8 Å². The number of ether oxygens (including phenoxy) is 1. The highest BCUT2D eigenvalue weighted by Gasteiger charge is 2.17. The normalized spacial score (nSPS) is 10.8. The third-order valence-corrected chi connectivity index (χ3v) is 5.70. The first-order valence-electron chi connectivity index (χ1n) is 10.1. The summed E-state index contributed by atoms with van der Waals surface area (Å²) in [5.41, 5.74) is 2.80. The number of aromatic nitrogens is 5. The van der Waals surface area contributed by atoms with Crippen molar-refractivity contribution in [3.05, 3.63) is 77.7 Å². The average molecular weight is 449 g/mol. The maximum atomic E-state index is 12.5. The number of hydrogen-bond donors (Lipinski definition) is 1. The van der Waals surface area contributed by atoms with Gasteiger partial charge in [-0.2, -0.15) is 5.10 Å². The number of nitrogens with one attached hydrogen (secondary N) is 1. The molecular weight excluding hydrogens is 424 g/mol. The Morgan fingerprint density at radius 2 is 1.81 bits per heavy atom. The summed E-state index contributed by atoms with van der Waals surface area (Å²) >= 11 is 1.32. The van der Waals surface area contributed by atoms with Crippen LogP contribution in [-0.2, 0) is 18.4 Å². The van der Waals surface area contributed by atoms with Crippen molar-refractivity contribution in [3.8, 4) is 11.4 Å². The topological polar surface area (TPSA) is 86.9 Å². The first-order chi connectivity index (χ1) is 15.5. The summed E-state index contributed by atoms with van der Waals surface area (Å²) in [6, 6.07) is 19.5. The third kappa shape index (κ3) is 5.00. The fourth-order valence-electron chi connectivity index (χ4n) is 3.22. The number of thioether (sulfide) groups is 1. The van der Waals surface area contributed by atoms with E-state index in [1.165, 1.54) is 11.8 Å². The van der Waals surface area contributed by atoms with Crippen molar-refractivity contribution in [3.63, 3.8) is 0 Å². The van der Waals surface area contributed by atoms with E-state index in [4.69, 9.17) is 4.74 Å². The summed E-state index contributed by atoms with van der Waals surface area (Å²) in [5, 5.41) is 16.4. The average Bonchev–Trinajstić information content (AvgIpc) is 3.34. The third-order valence-electron chi connectivity index (χ3n) is 4.77. The van der Waals surface area contributed by atoms with Gasteiger partial charge in [-0.3, -0.25) is 14.0 Å². The zero-order chi connectivity index (χ0) is 22.5. The highest BCUT2D eigenvalue weighted by molar-refractivity contribution is 7.99. The minimum absolute atomic E-state index is 0.140. The molecule has 0 spiro atoms. The molecule has 2 aromatic carbocycles. The highest BCUT2D eigenvalue weighted by atomic mass is 32.2. The molecule has 2 heterocycles. The predicted octanol–water partition coefficient (Wildman–Crippen LogP) is 3.93. The van der Waals surface area contributed by atoms with Crippen LogP contribution in [0.15, 0.2) is 65.8 Å². The molecule has 2 aromatic heterocycles. The van der Waals surface area contributed by atoms with Crippen LogP contribution in [0.25, 0.3) is 5.69 Å². The number of carbonyl (C=O) groups is 1. The van der Waals surface area contributed by atoms with Gasteiger partial charge >= 0.3 is 0 Å². The Morgan fingerprint density at radius 3 is 2.53 bits per heavy atom. The summed E-state index contributed by atoms with van der Waals surface area (Å²) in [5.74, 6) is 2.16. The van der Waals surface area contributed by atoms with E-state index in [2.05, 4.69) is 20.6 Å². The number of nitrogens with zero attached hydrogens (tertiary/aromatic N) is 5. The van der Waals surface area contributed by atoms with Gasteiger partial charge in [-0.05, 0) is 37.6 Å². The van der Waals surface area contributed by atoms with Crippen molar-refractivity contribution >= 4 is 23.5 Å². The number of amides is 1. The molecule has 0 aliphatic carbocycles. The van der Waals surface area contributed by atoms with Crippen molar-refractivity contribution in [1.82, 2.24) is 24.5 Å². The molecule has 1 N–H and O–H groups in total. The zero-order valence-electron chi connectivity index (χ0n) is 18.1. The largest absolute Gasteiger partial charge is 0.485 e. The van der Waals surface area contributed by atoms with Crippen molar-refractivity contribution in [2.75, 3.05) is 11.1 Å². The number of benzene rings is 2. The van der Waals surface area contributed by atoms with Crippen LogP contribution < -0.4 is 10.1 Å². The van der Waals surface area contributed by atoms with Gasteiger partial charge in [0.05, 0.1) is 11.4 Å². The minimum atomic E-state index is -0.140. The van der Waals surface area contributed by atoms with E-state index in [0.717, 1.165) is 22.7 Å². The lowest BCUT2D eigenvalue weighted by molar-refractivity contribution is -0.113. The van der Waals surface area contributed by atoms with Gasteiger partial charge in [0.15, 0.2) is 11.0 Å². The van der Waals surface area contributed by atoms with Gasteiger partial charge in [0.1, 0.15) is 18.2 Å². The summed E-state index contributed by atoms with van der Waals surface area (Å²) in [4.78, 5) is 12.5. The molecule has 0 bridgehead atoms. The van der Waals surface area contributed by atoms with Crippen molar-refractivity contribution < 1.29 is 9.53 Å². The van der Waals surface area contributed by atoms with E-state index in [1.807, 2.05) is 79.1 Å². The van der Waals surface area contributed by atoms with E-state index in [1.54, 1.807) is 11.7 Å². The van der Waals surface area contributed by atoms with Crippen LogP contribution in [0.2, 0.25) is 0 Å². The molecule has 0 saturated carbocycles. The molecule has 0 saturated heterocycles. The molecule has 0 unspecified atom stereocenters. The second-order valence-corrected chi connectivity index (χ2v) is 8.20. The molecule has 164 valence electrons. The van der Waals surface area contributed by atoms with Gasteiger partial charge in [0.25, 0.3) is 0 Å². The molecule has 1 amide bonds. The maximum Gasteiger partial charge on any atom is 0.235 e. The number of carbonyl (C=O) groups excluding carboxylic acids is 1. The Balaban J connectivity index is 1.51. The predicted molar refractivity (Wildman–Crippen MR) is 124 cm³/mol. The summed E-state index contributed by atoms with van der Waals surface area (Å²) in [6.45, 7) is 4.14. The lowest BCUT2D eigenvalue weighted by atomic mass is 10.2. The van der Waals surface area contributed by atoms with E-state index < -0.39 is 0 Å². The van der Waals surface area contributed by atoms with E-state index in [0.29, 0.717) is 16.8 Å². The molecule has 9 heteroatoms. The minimum Gasteiger partial charge on any atom is -0.485 e. The number of rotatable bonds is 8.